The summed E-state index contributed by atoms with van der Waals surface area (Å²) in [4.78, 5) is 2.50. The molecule has 1 N–H and O–H groups in total. The predicted molar refractivity (Wildman–Crippen MR) is 78.0 cm³/mol. The van der Waals surface area contributed by atoms with Crippen LogP contribution in [0.2, 0.25) is 5.02 Å². The summed E-state index contributed by atoms with van der Waals surface area (Å²) >= 11 is 5.98. The maximum atomic E-state index is 12.9. The van der Waals surface area contributed by atoms with Crippen LogP contribution in [-0.2, 0) is 6.54 Å². The highest BCUT2D eigenvalue weighted by molar-refractivity contribution is 6.31. The first-order valence-corrected chi connectivity index (χ1v) is 7.40. The van der Waals surface area contributed by atoms with Crippen LogP contribution in [0.15, 0.2) is 18.2 Å². The molecule has 2 nitrogen and oxygen atoms in total. The van der Waals surface area contributed by atoms with Gasteiger partial charge in [-0.1, -0.05) is 24.6 Å². The van der Waals surface area contributed by atoms with Gasteiger partial charge in [-0.05, 0) is 49.5 Å². The van der Waals surface area contributed by atoms with Gasteiger partial charge in [0.2, 0.25) is 0 Å². The minimum absolute atomic E-state index is 0.281. The third kappa shape index (κ3) is 4.75. The van der Waals surface area contributed by atoms with Crippen LogP contribution < -0.4 is 5.32 Å². The fourth-order valence-electron chi connectivity index (χ4n) is 2.41. The van der Waals surface area contributed by atoms with E-state index >= 15 is 0 Å². The number of hydrogen-bond donors (Lipinski definition) is 1. The maximum Gasteiger partial charge on any atom is 0.124 e. The van der Waals surface area contributed by atoms with Gasteiger partial charge >= 0.3 is 0 Å². The first kappa shape index (κ1) is 14.8. The number of halogens is 2. The van der Waals surface area contributed by atoms with E-state index in [2.05, 4.69) is 17.1 Å². The van der Waals surface area contributed by atoms with E-state index in [-0.39, 0.29) is 5.82 Å². The molecule has 2 rings (SSSR count). The number of nitrogens with one attached hydrogen (secondary N) is 1. The van der Waals surface area contributed by atoms with Crippen molar-refractivity contribution in [2.75, 3.05) is 26.2 Å². The SMILES string of the molecule is CC1CCN(CCNCc2ccc(F)cc2Cl)CC1. The Balaban J connectivity index is 1.66. The molecule has 19 heavy (non-hydrogen) atoms. The molecule has 0 spiro atoms. The predicted octanol–water partition coefficient (Wildman–Crippen LogP) is 3.30. The number of nitrogens with zero attached hydrogens (tertiary/aromatic N) is 1. The molecule has 0 aromatic heterocycles. The fourth-order valence-corrected chi connectivity index (χ4v) is 2.64. The number of likely N-dealkylation sites (tertiary alicyclic amines) is 1. The Morgan fingerprint density at radius 2 is 2.11 bits per heavy atom. The second-order valence-electron chi connectivity index (χ2n) is 5.44. The Morgan fingerprint density at radius 1 is 1.37 bits per heavy atom. The largest absolute Gasteiger partial charge is 0.311 e. The van der Waals surface area contributed by atoms with Crippen molar-refractivity contribution < 1.29 is 4.39 Å². The summed E-state index contributed by atoms with van der Waals surface area (Å²) in [6.45, 7) is 7.46. The van der Waals surface area contributed by atoms with Crippen molar-refractivity contribution >= 4 is 11.6 Å². The molecule has 1 fully saturated rings. The van der Waals surface area contributed by atoms with Crippen molar-refractivity contribution in [3.63, 3.8) is 0 Å². The summed E-state index contributed by atoms with van der Waals surface area (Å²) in [6.07, 6.45) is 2.62. The van der Waals surface area contributed by atoms with Crippen molar-refractivity contribution in [2.24, 2.45) is 5.92 Å². The Bertz CT molecular complexity index is 403. The Hall–Kier alpha value is -0.640. The topological polar surface area (TPSA) is 15.3 Å². The van der Waals surface area contributed by atoms with Crippen molar-refractivity contribution in [3.05, 3.63) is 34.6 Å². The van der Waals surface area contributed by atoms with Gasteiger partial charge in [0.25, 0.3) is 0 Å². The molecule has 0 saturated carbocycles. The second-order valence-corrected chi connectivity index (χ2v) is 5.84. The zero-order valence-corrected chi connectivity index (χ0v) is 12.2. The van der Waals surface area contributed by atoms with Crippen molar-refractivity contribution in [2.45, 2.75) is 26.3 Å². The van der Waals surface area contributed by atoms with E-state index in [1.54, 1.807) is 6.07 Å². The molecule has 4 heteroatoms. The van der Waals surface area contributed by atoms with E-state index in [0.717, 1.165) is 24.6 Å². The van der Waals surface area contributed by atoms with Gasteiger partial charge in [-0.2, -0.15) is 0 Å². The minimum Gasteiger partial charge on any atom is -0.311 e. The molecular weight excluding hydrogens is 263 g/mol. The van der Waals surface area contributed by atoms with Gasteiger partial charge in [0, 0.05) is 24.7 Å². The Kier molecular flexibility index (Phi) is 5.61. The van der Waals surface area contributed by atoms with Crippen LogP contribution in [0.4, 0.5) is 4.39 Å². The lowest BCUT2D eigenvalue weighted by atomic mass is 9.99. The van der Waals surface area contributed by atoms with Crippen LogP contribution in [-0.4, -0.2) is 31.1 Å². The normalized spacial score (nSPS) is 17.8. The van der Waals surface area contributed by atoms with E-state index in [0.29, 0.717) is 11.6 Å². The molecule has 0 bridgehead atoms. The van der Waals surface area contributed by atoms with E-state index in [1.807, 2.05) is 0 Å². The Morgan fingerprint density at radius 3 is 2.79 bits per heavy atom. The highest BCUT2D eigenvalue weighted by Gasteiger charge is 2.14. The van der Waals surface area contributed by atoms with Gasteiger partial charge < -0.3 is 10.2 Å². The average molecular weight is 285 g/mol. The molecule has 106 valence electrons. The molecule has 0 radical (unpaired) electrons. The standard InChI is InChI=1S/C15H22ClFN2/c1-12-4-7-19(8-5-12)9-6-18-11-13-2-3-14(17)10-15(13)16/h2-3,10,12,18H,4-9,11H2,1H3. The summed E-state index contributed by atoms with van der Waals surface area (Å²) in [5.74, 6) is 0.596. The highest BCUT2D eigenvalue weighted by Crippen LogP contribution is 2.17. The van der Waals surface area contributed by atoms with Gasteiger partial charge in [-0.25, -0.2) is 4.39 Å². The summed E-state index contributed by atoms with van der Waals surface area (Å²) in [5.41, 5.74) is 0.954. The number of piperidine rings is 1. The van der Waals surface area contributed by atoms with Crippen LogP contribution in [0.1, 0.15) is 25.3 Å². The van der Waals surface area contributed by atoms with Crippen LogP contribution in [0.5, 0.6) is 0 Å². The summed E-state index contributed by atoms with van der Waals surface area (Å²) in [6, 6.07) is 4.56. The van der Waals surface area contributed by atoms with Crippen LogP contribution in [0.25, 0.3) is 0 Å². The van der Waals surface area contributed by atoms with Crippen molar-refractivity contribution in [3.8, 4) is 0 Å². The number of hydrogen-bond acceptors (Lipinski definition) is 2. The van der Waals surface area contributed by atoms with E-state index in [1.165, 1.54) is 38.1 Å². The number of rotatable bonds is 5. The third-order valence-corrected chi connectivity index (χ3v) is 4.16. The third-order valence-electron chi connectivity index (χ3n) is 3.81. The monoisotopic (exact) mass is 284 g/mol. The molecule has 0 amide bonds. The maximum absolute atomic E-state index is 12.9. The van der Waals surface area contributed by atoms with Crippen molar-refractivity contribution in [1.29, 1.82) is 0 Å². The average Bonchev–Trinajstić information content (AvgIpc) is 2.39. The number of benzene rings is 1. The van der Waals surface area contributed by atoms with Gasteiger partial charge in [-0.15, -0.1) is 0 Å². The van der Waals surface area contributed by atoms with E-state index < -0.39 is 0 Å². The first-order valence-electron chi connectivity index (χ1n) is 7.02. The molecule has 0 aliphatic carbocycles. The molecule has 1 heterocycles. The molecule has 1 saturated heterocycles. The van der Waals surface area contributed by atoms with Gasteiger partial charge in [0.05, 0.1) is 0 Å². The molecule has 1 aromatic rings. The summed E-state index contributed by atoms with van der Waals surface area (Å²) in [7, 11) is 0. The lowest BCUT2D eigenvalue weighted by Crippen LogP contribution is -2.37. The van der Waals surface area contributed by atoms with E-state index in [9.17, 15) is 4.39 Å². The van der Waals surface area contributed by atoms with Crippen LogP contribution >= 0.6 is 11.6 Å². The van der Waals surface area contributed by atoms with Crippen molar-refractivity contribution in [1.82, 2.24) is 10.2 Å². The van der Waals surface area contributed by atoms with Gasteiger partial charge in [0.1, 0.15) is 5.82 Å². The molecule has 1 aliphatic rings. The quantitative estimate of drug-likeness (QED) is 0.835. The van der Waals surface area contributed by atoms with Gasteiger partial charge in [-0.3, -0.25) is 0 Å². The zero-order chi connectivity index (χ0) is 13.7. The molecule has 1 aliphatic heterocycles. The zero-order valence-electron chi connectivity index (χ0n) is 11.5. The second kappa shape index (κ2) is 7.22. The van der Waals surface area contributed by atoms with E-state index in [4.69, 9.17) is 11.6 Å². The smallest absolute Gasteiger partial charge is 0.124 e. The fraction of sp³-hybridized carbons (Fsp3) is 0.600. The summed E-state index contributed by atoms with van der Waals surface area (Å²) in [5, 5.41) is 3.87. The highest BCUT2D eigenvalue weighted by atomic mass is 35.5. The van der Waals surface area contributed by atoms with Crippen LogP contribution in [0, 0.1) is 11.7 Å². The molecular formula is C15H22ClFN2. The molecule has 1 aromatic carbocycles. The summed E-state index contributed by atoms with van der Waals surface area (Å²) < 4.78 is 12.9. The molecule has 0 atom stereocenters. The minimum atomic E-state index is -0.281. The lowest BCUT2D eigenvalue weighted by molar-refractivity contribution is 0.193. The first-order chi connectivity index (χ1) is 9.15. The van der Waals surface area contributed by atoms with Crippen LogP contribution in [0.3, 0.4) is 0 Å². The Labute approximate surface area is 119 Å². The lowest BCUT2D eigenvalue weighted by Gasteiger charge is -2.30. The molecule has 0 unspecified atom stereocenters. The van der Waals surface area contributed by atoms with Gasteiger partial charge in [0.15, 0.2) is 0 Å².